The Bertz CT molecular complexity index is 531. The molecule has 0 radical (unpaired) electrons. The minimum absolute atomic E-state index is 0.293. The number of phenolic OH excluding ortho intramolecular Hbond substituents is 1. The van der Waals surface area contributed by atoms with Gasteiger partial charge in [0.05, 0.1) is 10.7 Å². The second kappa shape index (κ2) is 5.60. The summed E-state index contributed by atoms with van der Waals surface area (Å²) in [5, 5.41) is 13.5. The van der Waals surface area contributed by atoms with E-state index in [1.807, 2.05) is 30.3 Å². The molecule has 0 unspecified atom stereocenters. The van der Waals surface area contributed by atoms with Gasteiger partial charge >= 0.3 is 0 Å². The van der Waals surface area contributed by atoms with Crippen molar-refractivity contribution in [3.05, 3.63) is 56.6 Å². The predicted octanol–water partition coefficient (Wildman–Crippen LogP) is 4.26. The van der Waals surface area contributed by atoms with Gasteiger partial charge in [-0.25, -0.2) is 0 Å². The summed E-state index contributed by atoms with van der Waals surface area (Å²) in [5.41, 5.74) is 1.73. The average Bonchev–Trinajstić information content (AvgIpc) is 2.32. The third kappa shape index (κ3) is 3.26. The van der Waals surface area contributed by atoms with Crippen LogP contribution in [0.5, 0.6) is 5.75 Å². The monoisotopic (exact) mass is 359 g/mol. The maximum atomic E-state index is 9.64. The Hall–Kier alpha value is -0.940. The van der Waals surface area contributed by atoms with E-state index < -0.39 is 0 Å². The fourth-order valence-corrected chi connectivity index (χ4v) is 2.16. The van der Waals surface area contributed by atoms with E-state index in [-0.39, 0.29) is 0 Å². The number of halogens is 2. The molecule has 0 heterocycles. The number of nitrogens with one attached hydrogen (secondary N) is 1. The molecule has 0 atom stereocenters. The van der Waals surface area contributed by atoms with Crippen molar-refractivity contribution in [1.29, 1.82) is 0 Å². The summed E-state index contributed by atoms with van der Waals surface area (Å²) < 4.78 is 1.12. The third-order valence-electron chi connectivity index (χ3n) is 2.39. The molecule has 2 N–H and O–H groups in total. The lowest BCUT2D eigenvalue weighted by Gasteiger charge is -2.10. The summed E-state index contributed by atoms with van der Waals surface area (Å²) in [6.45, 7) is 0.548. The van der Waals surface area contributed by atoms with Crippen molar-refractivity contribution in [2.24, 2.45) is 0 Å². The zero-order chi connectivity index (χ0) is 12.3. The van der Waals surface area contributed by atoms with Crippen molar-refractivity contribution in [3.8, 4) is 5.75 Å². The van der Waals surface area contributed by atoms with Crippen LogP contribution in [0.15, 0.2) is 42.5 Å². The summed E-state index contributed by atoms with van der Waals surface area (Å²) in [6.07, 6.45) is 0. The second-order valence-corrected chi connectivity index (χ2v) is 5.26. The summed E-state index contributed by atoms with van der Waals surface area (Å²) in [4.78, 5) is 0. The Morgan fingerprint density at radius 2 is 1.94 bits per heavy atom. The first kappa shape index (κ1) is 12.5. The van der Waals surface area contributed by atoms with Gasteiger partial charge in [0.15, 0.2) is 0 Å². The SMILES string of the molecule is Oc1ccccc1CNc1cc(I)ccc1Cl. The molecule has 0 aliphatic heterocycles. The average molecular weight is 360 g/mol. The maximum Gasteiger partial charge on any atom is 0.120 e. The Morgan fingerprint density at radius 3 is 2.71 bits per heavy atom. The fourth-order valence-electron chi connectivity index (χ4n) is 1.48. The quantitative estimate of drug-likeness (QED) is 0.803. The number of rotatable bonds is 3. The zero-order valence-electron chi connectivity index (χ0n) is 8.95. The Balaban J connectivity index is 2.12. The molecule has 0 aliphatic carbocycles. The van der Waals surface area contributed by atoms with Crippen molar-refractivity contribution in [2.75, 3.05) is 5.32 Å². The van der Waals surface area contributed by atoms with Gasteiger partial charge in [0.2, 0.25) is 0 Å². The lowest BCUT2D eigenvalue weighted by atomic mass is 10.2. The van der Waals surface area contributed by atoms with E-state index in [0.717, 1.165) is 14.8 Å². The molecule has 0 saturated heterocycles. The number of benzene rings is 2. The van der Waals surface area contributed by atoms with Gasteiger partial charge in [0, 0.05) is 15.7 Å². The highest BCUT2D eigenvalue weighted by molar-refractivity contribution is 14.1. The number of para-hydroxylation sites is 1. The number of hydrogen-bond acceptors (Lipinski definition) is 2. The van der Waals surface area contributed by atoms with Crippen LogP contribution in [0, 0.1) is 3.57 Å². The van der Waals surface area contributed by atoms with Gasteiger partial charge in [0.25, 0.3) is 0 Å². The van der Waals surface area contributed by atoms with E-state index >= 15 is 0 Å². The van der Waals surface area contributed by atoms with E-state index in [9.17, 15) is 5.11 Å². The molecule has 17 heavy (non-hydrogen) atoms. The fraction of sp³-hybridized carbons (Fsp3) is 0.0769. The van der Waals surface area contributed by atoms with E-state index in [4.69, 9.17) is 11.6 Å². The lowest BCUT2D eigenvalue weighted by Crippen LogP contribution is -2.00. The first-order valence-corrected chi connectivity index (χ1v) is 6.58. The van der Waals surface area contributed by atoms with Gasteiger partial charge in [-0.15, -0.1) is 0 Å². The number of anilines is 1. The number of hydrogen-bond donors (Lipinski definition) is 2. The molecule has 0 saturated carbocycles. The molecular weight excluding hydrogens is 349 g/mol. The van der Waals surface area contributed by atoms with Crippen LogP contribution in [-0.2, 0) is 6.54 Å². The van der Waals surface area contributed by atoms with Crippen LogP contribution in [-0.4, -0.2) is 5.11 Å². The molecule has 2 aromatic carbocycles. The number of aromatic hydroxyl groups is 1. The molecule has 2 rings (SSSR count). The maximum absolute atomic E-state index is 9.64. The first-order valence-electron chi connectivity index (χ1n) is 5.12. The van der Waals surface area contributed by atoms with Gasteiger partial charge in [-0.1, -0.05) is 29.8 Å². The van der Waals surface area contributed by atoms with Gasteiger partial charge in [0.1, 0.15) is 5.75 Å². The number of phenols is 1. The van der Waals surface area contributed by atoms with Crippen LogP contribution in [0.2, 0.25) is 5.02 Å². The first-order chi connectivity index (χ1) is 8.16. The van der Waals surface area contributed by atoms with Crippen LogP contribution in [0.4, 0.5) is 5.69 Å². The summed E-state index contributed by atoms with van der Waals surface area (Å²) >= 11 is 8.31. The Morgan fingerprint density at radius 1 is 1.18 bits per heavy atom. The van der Waals surface area contributed by atoms with Crippen LogP contribution < -0.4 is 5.32 Å². The molecule has 88 valence electrons. The predicted molar refractivity (Wildman–Crippen MR) is 79.6 cm³/mol. The van der Waals surface area contributed by atoms with Gasteiger partial charge < -0.3 is 10.4 Å². The molecular formula is C13H11ClINO. The summed E-state index contributed by atoms with van der Waals surface area (Å²) in [5.74, 6) is 0.293. The van der Waals surface area contributed by atoms with Crippen LogP contribution in [0.25, 0.3) is 0 Å². The standard InChI is InChI=1S/C13H11ClINO/c14-11-6-5-10(15)7-12(11)16-8-9-3-1-2-4-13(9)17/h1-7,16-17H,8H2. The molecule has 2 nitrogen and oxygen atoms in total. The lowest BCUT2D eigenvalue weighted by molar-refractivity contribution is 0.469. The highest BCUT2D eigenvalue weighted by Crippen LogP contribution is 2.25. The molecule has 0 bridgehead atoms. The molecule has 0 fully saturated rings. The van der Waals surface area contributed by atoms with Gasteiger partial charge in [-0.3, -0.25) is 0 Å². The van der Waals surface area contributed by atoms with Crippen LogP contribution in [0.3, 0.4) is 0 Å². The topological polar surface area (TPSA) is 32.3 Å². The van der Waals surface area contributed by atoms with Crippen molar-refractivity contribution in [1.82, 2.24) is 0 Å². The summed E-state index contributed by atoms with van der Waals surface area (Å²) in [6, 6.07) is 13.0. The molecule has 0 aliphatic rings. The van der Waals surface area contributed by atoms with E-state index in [2.05, 4.69) is 27.9 Å². The molecule has 0 aromatic heterocycles. The largest absolute Gasteiger partial charge is 0.508 e. The van der Waals surface area contributed by atoms with Crippen molar-refractivity contribution >= 4 is 39.9 Å². The molecule has 0 spiro atoms. The van der Waals surface area contributed by atoms with E-state index in [1.54, 1.807) is 12.1 Å². The van der Waals surface area contributed by atoms with Crippen molar-refractivity contribution < 1.29 is 5.11 Å². The highest BCUT2D eigenvalue weighted by Gasteiger charge is 2.03. The van der Waals surface area contributed by atoms with E-state index in [0.29, 0.717) is 17.3 Å². The van der Waals surface area contributed by atoms with E-state index in [1.165, 1.54) is 0 Å². The van der Waals surface area contributed by atoms with Crippen molar-refractivity contribution in [2.45, 2.75) is 6.54 Å². The van der Waals surface area contributed by atoms with Gasteiger partial charge in [-0.05, 0) is 46.9 Å². The normalized spacial score (nSPS) is 10.2. The minimum Gasteiger partial charge on any atom is -0.508 e. The molecule has 0 amide bonds. The zero-order valence-corrected chi connectivity index (χ0v) is 11.9. The molecule has 4 heteroatoms. The van der Waals surface area contributed by atoms with Crippen molar-refractivity contribution in [3.63, 3.8) is 0 Å². The molecule has 2 aromatic rings. The second-order valence-electron chi connectivity index (χ2n) is 3.61. The Kier molecular flexibility index (Phi) is 4.12. The summed E-state index contributed by atoms with van der Waals surface area (Å²) in [7, 11) is 0. The van der Waals surface area contributed by atoms with Crippen LogP contribution in [0.1, 0.15) is 5.56 Å². The smallest absolute Gasteiger partial charge is 0.120 e. The highest BCUT2D eigenvalue weighted by atomic mass is 127. The van der Waals surface area contributed by atoms with Crippen LogP contribution >= 0.6 is 34.2 Å². The third-order valence-corrected chi connectivity index (χ3v) is 3.39. The minimum atomic E-state index is 0.293. The Labute approximate surface area is 119 Å². The van der Waals surface area contributed by atoms with Gasteiger partial charge in [-0.2, -0.15) is 0 Å².